The molecule has 0 amide bonds. The Morgan fingerprint density at radius 2 is 1.56 bits per heavy atom. The minimum absolute atomic E-state index is 0.284. The molecule has 0 unspecified atom stereocenters. The van der Waals surface area contributed by atoms with Crippen LogP contribution >= 0.6 is 0 Å². The first-order valence-electron chi connectivity index (χ1n) is 11.8. The van der Waals surface area contributed by atoms with Crippen LogP contribution < -0.4 is 14.4 Å². The highest BCUT2D eigenvalue weighted by Gasteiger charge is 2.27. The largest absolute Gasteiger partial charge is 0.492 e. The van der Waals surface area contributed by atoms with Gasteiger partial charge in [-0.1, -0.05) is 54.6 Å². The lowest BCUT2D eigenvalue weighted by atomic mass is 10.0. The molecule has 0 aliphatic carbocycles. The van der Waals surface area contributed by atoms with Crippen molar-refractivity contribution in [1.82, 2.24) is 4.90 Å². The van der Waals surface area contributed by atoms with Gasteiger partial charge in [0.2, 0.25) is 0 Å². The van der Waals surface area contributed by atoms with E-state index in [0.29, 0.717) is 6.61 Å². The molecule has 0 bridgehead atoms. The first-order valence-corrected chi connectivity index (χ1v) is 11.8. The van der Waals surface area contributed by atoms with E-state index in [1.54, 1.807) is 0 Å². The Morgan fingerprint density at radius 1 is 0.812 bits per heavy atom. The molecule has 0 N–H and O–H groups in total. The SMILES string of the molecule is c1ccc(CN2c3ccccc3OC[C@@H]2Cc2ccc(OCCN3CCCC3)cc2)cc1. The van der Waals surface area contributed by atoms with Crippen LogP contribution in [0.4, 0.5) is 5.69 Å². The number of likely N-dealkylation sites (tertiary alicyclic amines) is 1. The Kier molecular flexibility index (Phi) is 6.59. The third-order valence-electron chi connectivity index (χ3n) is 6.51. The Hall–Kier alpha value is -2.98. The fourth-order valence-corrected chi connectivity index (χ4v) is 4.75. The minimum atomic E-state index is 0.284. The van der Waals surface area contributed by atoms with Crippen LogP contribution in [-0.2, 0) is 13.0 Å². The van der Waals surface area contributed by atoms with Crippen molar-refractivity contribution in [2.24, 2.45) is 0 Å². The van der Waals surface area contributed by atoms with Gasteiger partial charge in [-0.25, -0.2) is 0 Å². The standard InChI is InChI=1S/C28H32N2O2/c1-2-8-24(9-3-1)21-30-25(22-32-28-11-5-4-10-27(28)30)20-23-12-14-26(15-13-23)31-19-18-29-16-6-7-17-29/h1-5,8-15,25H,6-7,16-22H2/t25-/m0/s1. The second-order valence-electron chi connectivity index (χ2n) is 8.79. The van der Waals surface area contributed by atoms with Crippen molar-refractivity contribution in [3.63, 3.8) is 0 Å². The van der Waals surface area contributed by atoms with E-state index in [9.17, 15) is 0 Å². The topological polar surface area (TPSA) is 24.9 Å². The van der Waals surface area contributed by atoms with Gasteiger partial charge < -0.3 is 14.4 Å². The van der Waals surface area contributed by atoms with Gasteiger partial charge >= 0.3 is 0 Å². The third kappa shape index (κ3) is 5.08. The quantitative estimate of drug-likeness (QED) is 0.494. The lowest BCUT2D eigenvalue weighted by Crippen LogP contribution is -2.44. The third-order valence-corrected chi connectivity index (χ3v) is 6.51. The van der Waals surface area contributed by atoms with Gasteiger partial charge in [0, 0.05) is 13.1 Å². The molecule has 4 nitrogen and oxygen atoms in total. The molecule has 166 valence electrons. The monoisotopic (exact) mass is 428 g/mol. The van der Waals surface area contributed by atoms with Gasteiger partial charge in [-0.2, -0.15) is 0 Å². The molecular formula is C28H32N2O2. The molecule has 0 saturated carbocycles. The average Bonchev–Trinajstić information content (AvgIpc) is 3.36. The number of rotatable bonds is 8. The second-order valence-corrected chi connectivity index (χ2v) is 8.79. The minimum Gasteiger partial charge on any atom is -0.492 e. The van der Waals surface area contributed by atoms with Crippen LogP contribution in [0, 0.1) is 0 Å². The van der Waals surface area contributed by atoms with Gasteiger partial charge in [0.25, 0.3) is 0 Å². The van der Waals surface area contributed by atoms with Gasteiger partial charge in [-0.15, -0.1) is 0 Å². The number of fused-ring (bicyclic) bond motifs is 1. The van der Waals surface area contributed by atoms with Gasteiger partial charge in [0.1, 0.15) is 24.7 Å². The predicted molar refractivity (Wildman–Crippen MR) is 130 cm³/mol. The van der Waals surface area contributed by atoms with Crippen LogP contribution in [-0.4, -0.2) is 43.8 Å². The van der Waals surface area contributed by atoms with E-state index in [0.717, 1.165) is 37.6 Å². The summed E-state index contributed by atoms with van der Waals surface area (Å²) in [4.78, 5) is 4.98. The fourth-order valence-electron chi connectivity index (χ4n) is 4.75. The molecule has 5 rings (SSSR count). The summed E-state index contributed by atoms with van der Waals surface area (Å²) in [5.41, 5.74) is 3.80. The summed E-state index contributed by atoms with van der Waals surface area (Å²) in [6, 6.07) is 28.0. The zero-order valence-electron chi connectivity index (χ0n) is 18.7. The summed E-state index contributed by atoms with van der Waals surface area (Å²) in [6.07, 6.45) is 3.59. The van der Waals surface area contributed by atoms with E-state index in [1.165, 1.54) is 42.7 Å². The lowest BCUT2D eigenvalue weighted by molar-refractivity contribution is 0.237. The number of hydrogen-bond donors (Lipinski definition) is 0. The number of para-hydroxylation sites is 2. The van der Waals surface area contributed by atoms with Crippen LogP contribution in [0.15, 0.2) is 78.9 Å². The Morgan fingerprint density at radius 3 is 2.38 bits per heavy atom. The van der Waals surface area contributed by atoms with Crippen molar-refractivity contribution in [3.8, 4) is 11.5 Å². The summed E-state index contributed by atoms with van der Waals surface area (Å²) in [6.45, 7) is 5.79. The van der Waals surface area contributed by atoms with Crippen LogP contribution in [0.3, 0.4) is 0 Å². The van der Waals surface area contributed by atoms with Crippen LogP contribution in [0.5, 0.6) is 11.5 Å². The first-order chi connectivity index (χ1) is 15.8. The maximum Gasteiger partial charge on any atom is 0.142 e. The molecule has 1 fully saturated rings. The smallest absolute Gasteiger partial charge is 0.142 e. The van der Waals surface area contributed by atoms with Crippen molar-refractivity contribution < 1.29 is 9.47 Å². The van der Waals surface area contributed by atoms with Crippen LogP contribution in [0.2, 0.25) is 0 Å². The molecule has 3 aromatic carbocycles. The number of ether oxygens (including phenoxy) is 2. The van der Waals surface area contributed by atoms with Crippen molar-refractivity contribution in [1.29, 1.82) is 0 Å². The number of nitrogens with zero attached hydrogens (tertiary/aromatic N) is 2. The summed E-state index contributed by atoms with van der Waals surface area (Å²) >= 11 is 0. The Bertz CT molecular complexity index is 984. The molecule has 4 heteroatoms. The van der Waals surface area contributed by atoms with Crippen molar-refractivity contribution >= 4 is 5.69 Å². The normalized spacial score (nSPS) is 18.2. The fraction of sp³-hybridized carbons (Fsp3) is 0.357. The van der Waals surface area contributed by atoms with E-state index >= 15 is 0 Å². The highest BCUT2D eigenvalue weighted by molar-refractivity contribution is 5.61. The maximum absolute atomic E-state index is 6.13. The number of benzene rings is 3. The molecule has 2 heterocycles. The van der Waals surface area contributed by atoms with E-state index in [2.05, 4.69) is 82.6 Å². The molecule has 1 saturated heterocycles. The highest BCUT2D eigenvalue weighted by atomic mass is 16.5. The molecular weight excluding hydrogens is 396 g/mol. The molecule has 0 radical (unpaired) electrons. The summed E-state index contributed by atoms with van der Waals surface area (Å²) in [7, 11) is 0. The van der Waals surface area contributed by atoms with E-state index in [4.69, 9.17) is 9.47 Å². The van der Waals surface area contributed by atoms with Gasteiger partial charge in [-0.05, 0) is 67.7 Å². The molecule has 1 atom stereocenters. The average molecular weight is 429 g/mol. The molecule has 2 aliphatic heterocycles. The molecule has 0 spiro atoms. The van der Waals surface area contributed by atoms with E-state index in [-0.39, 0.29) is 6.04 Å². The zero-order valence-corrected chi connectivity index (χ0v) is 18.7. The Balaban J connectivity index is 1.24. The lowest BCUT2D eigenvalue weighted by Gasteiger charge is -2.39. The number of anilines is 1. The highest BCUT2D eigenvalue weighted by Crippen LogP contribution is 2.35. The summed E-state index contributed by atoms with van der Waals surface area (Å²) in [5.74, 6) is 1.93. The van der Waals surface area contributed by atoms with Crippen LogP contribution in [0.25, 0.3) is 0 Å². The molecule has 0 aromatic heterocycles. The zero-order chi connectivity index (χ0) is 21.6. The van der Waals surface area contributed by atoms with E-state index in [1.807, 2.05) is 6.07 Å². The molecule has 2 aliphatic rings. The van der Waals surface area contributed by atoms with Crippen molar-refractivity contribution in [2.75, 3.05) is 37.7 Å². The first kappa shape index (κ1) is 20.9. The second kappa shape index (κ2) is 10.1. The maximum atomic E-state index is 6.13. The summed E-state index contributed by atoms with van der Waals surface area (Å²) in [5, 5.41) is 0. The van der Waals surface area contributed by atoms with E-state index < -0.39 is 0 Å². The van der Waals surface area contributed by atoms with Crippen LogP contribution in [0.1, 0.15) is 24.0 Å². The Labute approximate surface area is 191 Å². The van der Waals surface area contributed by atoms with Crippen molar-refractivity contribution in [2.45, 2.75) is 31.8 Å². The molecule has 3 aromatic rings. The number of hydrogen-bond acceptors (Lipinski definition) is 4. The van der Waals surface area contributed by atoms with Gasteiger partial charge in [-0.3, -0.25) is 4.90 Å². The predicted octanol–water partition coefficient (Wildman–Crippen LogP) is 5.17. The van der Waals surface area contributed by atoms with Gasteiger partial charge in [0.05, 0.1) is 11.7 Å². The molecule has 32 heavy (non-hydrogen) atoms. The van der Waals surface area contributed by atoms with Crippen molar-refractivity contribution in [3.05, 3.63) is 90.0 Å². The van der Waals surface area contributed by atoms with Gasteiger partial charge in [0.15, 0.2) is 0 Å². The summed E-state index contributed by atoms with van der Waals surface area (Å²) < 4.78 is 12.1.